The SMILES string of the molecule is CCN(CC)C(=O)CCN1C2CCCC1CC(N)C2. The number of nitrogens with zero attached hydrogens (tertiary/aromatic N) is 2. The highest BCUT2D eigenvalue weighted by molar-refractivity contribution is 5.76. The first-order chi connectivity index (χ1) is 9.15. The van der Waals surface area contributed by atoms with Gasteiger partial charge in [0.1, 0.15) is 0 Å². The first kappa shape index (κ1) is 14.8. The maximum Gasteiger partial charge on any atom is 0.223 e. The smallest absolute Gasteiger partial charge is 0.223 e. The molecule has 2 aliphatic rings. The lowest BCUT2D eigenvalue weighted by Gasteiger charge is -2.48. The van der Waals surface area contributed by atoms with Crippen LogP contribution in [-0.4, -0.2) is 53.5 Å². The second-order valence-corrected chi connectivity index (χ2v) is 6.02. The monoisotopic (exact) mass is 267 g/mol. The van der Waals surface area contributed by atoms with Gasteiger partial charge in [0.05, 0.1) is 0 Å². The van der Waals surface area contributed by atoms with Gasteiger partial charge in [-0.3, -0.25) is 9.69 Å². The van der Waals surface area contributed by atoms with Gasteiger partial charge < -0.3 is 10.6 Å². The molecule has 2 aliphatic heterocycles. The molecule has 2 unspecified atom stereocenters. The second-order valence-electron chi connectivity index (χ2n) is 6.02. The number of hydrogen-bond acceptors (Lipinski definition) is 3. The summed E-state index contributed by atoms with van der Waals surface area (Å²) < 4.78 is 0. The standard InChI is InChI=1S/C15H29N3O/c1-3-17(4-2)15(19)8-9-18-13-6-5-7-14(18)11-12(16)10-13/h12-14H,3-11,16H2,1-2H3. The summed E-state index contributed by atoms with van der Waals surface area (Å²) in [6, 6.07) is 1.64. The molecule has 0 spiro atoms. The van der Waals surface area contributed by atoms with Crippen molar-refractivity contribution in [2.45, 2.75) is 70.5 Å². The van der Waals surface area contributed by atoms with Gasteiger partial charge in [0.25, 0.3) is 0 Å². The van der Waals surface area contributed by atoms with Gasteiger partial charge in [-0.05, 0) is 39.5 Å². The Labute approximate surface area is 117 Å². The minimum absolute atomic E-state index is 0.304. The van der Waals surface area contributed by atoms with Crippen LogP contribution in [0, 0.1) is 0 Å². The quantitative estimate of drug-likeness (QED) is 0.823. The lowest BCUT2D eigenvalue weighted by atomic mass is 9.82. The molecule has 110 valence electrons. The Kier molecular flexibility index (Phi) is 5.22. The molecule has 0 aliphatic carbocycles. The van der Waals surface area contributed by atoms with E-state index in [4.69, 9.17) is 5.73 Å². The minimum Gasteiger partial charge on any atom is -0.343 e. The summed E-state index contributed by atoms with van der Waals surface area (Å²) >= 11 is 0. The molecule has 4 heteroatoms. The second kappa shape index (κ2) is 6.71. The highest BCUT2D eigenvalue weighted by Crippen LogP contribution is 2.33. The fraction of sp³-hybridized carbons (Fsp3) is 0.933. The largest absolute Gasteiger partial charge is 0.343 e. The van der Waals surface area contributed by atoms with Crippen LogP contribution in [0.5, 0.6) is 0 Å². The van der Waals surface area contributed by atoms with E-state index in [1.54, 1.807) is 0 Å². The molecule has 2 heterocycles. The molecule has 2 bridgehead atoms. The first-order valence-electron chi connectivity index (χ1n) is 7.94. The average molecular weight is 267 g/mol. The maximum atomic E-state index is 12.1. The van der Waals surface area contributed by atoms with E-state index in [1.807, 2.05) is 4.90 Å². The van der Waals surface area contributed by atoms with Crippen LogP contribution in [0.2, 0.25) is 0 Å². The molecule has 1 amide bonds. The lowest BCUT2D eigenvalue weighted by Crippen LogP contribution is -2.55. The van der Waals surface area contributed by atoms with Crippen molar-refractivity contribution in [3.63, 3.8) is 0 Å². The Morgan fingerprint density at radius 1 is 1.21 bits per heavy atom. The van der Waals surface area contributed by atoms with Crippen molar-refractivity contribution in [1.82, 2.24) is 9.80 Å². The fourth-order valence-corrected chi connectivity index (χ4v) is 3.84. The van der Waals surface area contributed by atoms with Gasteiger partial charge >= 0.3 is 0 Å². The van der Waals surface area contributed by atoms with E-state index in [2.05, 4.69) is 18.7 Å². The van der Waals surface area contributed by atoms with E-state index in [0.717, 1.165) is 32.5 Å². The van der Waals surface area contributed by atoms with Crippen molar-refractivity contribution in [2.75, 3.05) is 19.6 Å². The number of carbonyl (C=O) groups is 1. The number of hydrogen-bond donors (Lipinski definition) is 1. The van der Waals surface area contributed by atoms with Gasteiger partial charge in [-0.1, -0.05) is 6.42 Å². The molecule has 2 saturated heterocycles. The zero-order valence-electron chi connectivity index (χ0n) is 12.5. The third-order valence-corrected chi connectivity index (χ3v) is 4.86. The van der Waals surface area contributed by atoms with Crippen LogP contribution in [-0.2, 0) is 4.79 Å². The summed E-state index contributed by atoms with van der Waals surface area (Å²) in [5, 5.41) is 0. The van der Waals surface area contributed by atoms with Crippen LogP contribution in [0.15, 0.2) is 0 Å². The van der Waals surface area contributed by atoms with E-state index in [1.165, 1.54) is 19.3 Å². The van der Waals surface area contributed by atoms with Crippen LogP contribution in [0.1, 0.15) is 52.4 Å². The Hall–Kier alpha value is -0.610. The van der Waals surface area contributed by atoms with Gasteiger partial charge in [0.2, 0.25) is 5.91 Å². The third-order valence-electron chi connectivity index (χ3n) is 4.86. The highest BCUT2D eigenvalue weighted by atomic mass is 16.2. The van der Waals surface area contributed by atoms with E-state index >= 15 is 0 Å². The summed E-state index contributed by atoms with van der Waals surface area (Å²) in [5.74, 6) is 0.304. The zero-order chi connectivity index (χ0) is 13.8. The van der Waals surface area contributed by atoms with Crippen LogP contribution in [0.25, 0.3) is 0 Å². The van der Waals surface area contributed by atoms with Gasteiger partial charge in [-0.25, -0.2) is 0 Å². The molecular formula is C15H29N3O. The number of nitrogens with two attached hydrogens (primary N) is 1. The van der Waals surface area contributed by atoms with Crippen molar-refractivity contribution in [3.8, 4) is 0 Å². The normalized spacial score (nSPS) is 31.2. The first-order valence-corrected chi connectivity index (χ1v) is 7.94. The van der Waals surface area contributed by atoms with Gasteiger partial charge in [-0.2, -0.15) is 0 Å². The van der Waals surface area contributed by atoms with Crippen LogP contribution in [0.4, 0.5) is 0 Å². The highest BCUT2D eigenvalue weighted by Gasteiger charge is 2.36. The number of fused-ring (bicyclic) bond motifs is 2. The molecule has 0 saturated carbocycles. The summed E-state index contributed by atoms with van der Waals surface area (Å²) in [6.07, 6.45) is 6.78. The number of rotatable bonds is 5. The summed E-state index contributed by atoms with van der Waals surface area (Å²) in [7, 11) is 0. The molecule has 0 aromatic rings. The third kappa shape index (κ3) is 3.48. The Morgan fingerprint density at radius 2 is 1.79 bits per heavy atom. The molecule has 0 aromatic carbocycles. The molecule has 2 atom stereocenters. The van der Waals surface area contributed by atoms with E-state index in [9.17, 15) is 4.79 Å². The zero-order valence-corrected chi connectivity index (χ0v) is 12.5. The lowest BCUT2D eigenvalue weighted by molar-refractivity contribution is -0.131. The molecule has 0 aromatic heterocycles. The summed E-state index contributed by atoms with van der Waals surface area (Å²) in [5.41, 5.74) is 6.13. The average Bonchev–Trinajstić information content (AvgIpc) is 2.37. The molecule has 4 nitrogen and oxygen atoms in total. The van der Waals surface area contributed by atoms with Crippen LogP contribution < -0.4 is 5.73 Å². The molecule has 19 heavy (non-hydrogen) atoms. The predicted molar refractivity (Wildman–Crippen MR) is 77.9 cm³/mol. The molecule has 2 N–H and O–H groups in total. The maximum absolute atomic E-state index is 12.1. The Balaban J connectivity index is 1.87. The molecular weight excluding hydrogens is 238 g/mol. The van der Waals surface area contributed by atoms with E-state index in [-0.39, 0.29) is 0 Å². The topological polar surface area (TPSA) is 49.6 Å². The van der Waals surface area contributed by atoms with Crippen molar-refractivity contribution in [1.29, 1.82) is 0 Å². The molecule has 2 rings (SSSR count). The van der Waals surface area contributed by atoms with Crippen LogP contribution >= 0.6 is 0 Å². The van der Waals surface area contributed by atoms with Crippen molar-refractivity contribution >= 4 is 5.91 Å². The minimum atomic E-state index is 0.304. The number of piperidine rings is 2. The molecule has 0 radical (unpaired) electrons. The predicted octanol–water partition coefficient (Wildman–Crippen LogP) is 1.59. The van der Waals surface area contributed by atoms with E-state index < -0.39 is 0 Å². The van der Waals surface area contributed by atoms with Crippen molar-refractivity contribution < 1.29 is 4.79 Å². The number of carbonyl (C=O) groups excluding carboxylic acids is 1. The van der Waals surface area contributed by atoms with Gasteiger partial charge in [0, 0.05) is 44.2 Å². The Morgan fingerprint density at radius 3 is 2.32 bits per heavy atom. The summed E-state index contributed by atoms with van der Waals surface area (Å²) in [4.78, 5) is 16.6. The summed E-state index contributed by atoms with van der Waals surface area (Å²) in [6.45, 7) is 6.68. The Bertz CT molecular complexity index is 290. The van der Waals surface area contributed by atoms with Gasteiger partial charge in [0.15, 0.2) is 0 Å². The van der Waals surface area contributed by atoms with E-state index in [0.29, 0.717) is 30.5 Å². The van der Waals surface area contributed by atoms with Crippen LogP contribution in [0.3, 0.4) is 0 Å². The van der Waals surface area contributed by atoms with Gasteiger partial charge in [-0.15, -0.1) is 0 Å². The van der Waals surface area contributed by atoms with Crippen molar-refractivity contribution in [3.05, 3.63) is 0 Å². The van der Waals surface area contributed by atoms with Crippen molar-refractivity contribution in [2.24, 2.45) is 5.73 Å². The molecule has 2 fully saturated rings. The number of amides is 1. The fourth-order valence-electron chi connectivity index (χ4n) is 3.84.